The van der Waals surface area contributed by atoms with E-state index in [4.69, 9.17) is 18.9 Å². The minimum Gasteiger partial charge on any atom is -0.494 e. The van der Waals surface area contributed by atoms with E-state index >= 15 is 0 Å². The van der Waals surface area contributed by atoms with Gasteiger partial charge in [-0.1, -0.05) is 160 Å². The average Bonchev–Trinajstić information content (AvgIpc) is 3.28. The summed E-state index contributed by atoms with van der Waals surface area (Å²) in [6, 6.07) is 30.3. The minimum absolute atomic E-state index is 0.355. The lowest BCUT2D eigenvalue weighted by Crippen LogP contribution is -2.08. The molecule has 0 bridgehead atoms. The Labute approximate surface area is 369 Å². The number of benzene rings is 4. The highest BCUT2D eigenvalue weighted by atomic mass is 16.5. The van der Waals surface area contributed by atoms with Crippen molar-refractivity contribution in [2.24, 2.45) is 0 Å². The molecule has 0 spiro atoms. The van der Waals surface area contributed by atoms with E-state index < -0.39 is 0 Å². The fourth-order valence-electron chi connectivity index (χ4n) is 7.55. The van der Waals surface area contributed by atoms with E-state index in [9.17, 15) is 9.59 Å². The van der Waals surface area contributed by atoms with Crippen LogP contribution >= 0.6 is 0 Å². The van der Waals surface area contributed by atoms with Gasteiger partial charge in [-0.2, -0.15) is 0 Å². The molecule has 0 saturated carbocycles. The molecule has 332 valence electrons. The minimum atomic E-state index is -0.355. The van der Waals surface area contributed by atoms with E-state index in [0.29, 0.717) is 35.8 Å². The quantitative estimate of drug-likeness (QED) is 0.0265. The number of hydrogen-bond donors (Lipinski definition) is 0. The molecule has 0 saturated heterocycles. The maximum absolute atomic E-state index is 12.7. The Morgan fingerprint density at radius 3 is 0.934 bits per heavy atom. The Morgan fingerprint density at radius 1 is 0.328 bits per heavy atom. The fraction of sp³-hybridized carbons (Fsp3) is 0.527. The van der Waals surface area contributed by atoms with Crippen LogP contribution in [0.3, 0.4) is 0 Å². The third-order valence-corrected chi connectivity index (χ3v) is 11.4. The molecule has 61 heavy (non-hydrogen) atoms. The molecule has 0 atom stereocenters. The molecule has 4 aromatic carbocycles. The van der Waals surface area contributed by atoms with Crippen LogP contribution in [0.5, 0.6) is 23.0 Å². The van der Waals surface area contributed by atoms with Crippen LogP contribution in [0.25, 0.3) is 0 Å². The molecule has 0 fully saturated rings. The molecule has 0 amide bonds. The molecular formula is C55H76O6. The van der Waals surface area contributed by atoms with Gasteiger partial charge in [0.1, 0.15) is 23.0 Å². The first-order valence-corrected chi connectivity index (χ1v) is 24.1. The van der Waals surface area contributed by atoms with Crippen LogP contribution in [0, 0.1) is 0 Å². The summed E-state index contributed by atoms with van der Waals surface area (Å²) in [5.74, 6) is 2.00. The second-order valence-electron chi connectivity index (χ2n) is 16.7. The zero-order chi connectivity index (χ0) is 43.0. The third-order valence-electron chi connectivity index (χ3n) is 11.4. The fourth-order valence-corrected chi connectivity index (χ4v) is 7.55. The number of hydrogen-bond acceptors (Lipinski definition) is 6. The van der Waals surface area contributed by atoms with Crippen molar-refractivity contribution >= 4 is 11.9 Å². The Bertz CT molecular complexity index is 1580. The van der Waals surface area contributed by atoms with Crippen molar-refractivity contribution in [3.8, 4) is 23.0 Å². The highest BCUT2D eigenvalue weighted by Crippen LogP contribution is 2.21. The van der Waals surface area contributed by atoms with Crippen LogP contribution < -0.4 is 18.9 Å². The zero-order valence-electron chi connectivity index (χ0n) is 37.8. The highest BCUT2D eigenvalue weighted by Gasteiger charge is 2.11. The van der Waals surface area contributed by atoms with E-state index in [-0.39, 0.29) is 11.9 Å². The molecule has 0 aliphatic heterocycles. The van der Waals surface area contributed by atoms with Crippen LogP contribution in [0.15, 0.2) is 97.1 Å². The normalized spacial score (nSPS) is 11.0. The van der Waals surface area contributed by atoms with Gasteiger partial charge in [-0.05, 0) is 122 Å². The van der Waals surface area contributed by atoms with E-state index in [1.54, 1.807) is 24.3 Å². The SMILES string of the molecule is CCCCCCCCCCOc1ccc(C(=O)Oc2ccc(CCCCCCCCCc3ccc(OC(=O)c4ccc(OCCCCCCCCCC)cc4)cc3)cc2)cc1. The van der Waals surface area contributed by atoms with Crippen LogP contribution in [-0.4, -0.2) is 25.2 Å². The van der Waals surface area contributed by atoms with Gasteiger partial charge in [-0.3, -0.25) is 0 Å². The lowest BCUT2D eigenvalue weighted by molar-refractivity contribution is 0.0725. The van der Waals surface area contributed by atoms with E-state index in [0.717, 1.165) is 50.0 Å². The molecule has 0 aliphatic rings. The van der Waals surface area contributed by atoms with Gasteiger partial charge in [0.2, 0.25) is 0 Å². The molecule has 6 nitrogen and oxygen atoms in total. The Hall–Kier alpha value is -4.58. The first-order valence-electron chi connectivity index (χ1n) is 24.1. The maximum Gasteiger partial charge on any atom is 0.343 e. The molecule has 0 radical (unpaired) electrons. The van der Waals surface area contributed by atoms with Gasteiger partial charge >= 0.3 is 11.9 Å². The lowest BCUT2D eigenvalue weighted by Gasteiger charge is -2.08. The van der Waals surface area contributed by atoms with Gasteiger partial charge in [0.05, 0.1) is 24.3 Å². The van der Waals surface area contributed by atoms with E-state index in [2.05, 4.69) is 38.1 Å². The van der Waals surface area contributed by atoms with Gasteiger partial charge in [0.15, 0.2) is 0 Å². The maximum atomic E-state index is 12.7. The summed E-state index contributed by atoms with van der Waals surface area (Å²) in [6.45, 7) is 5.92. The van der Waals surface area contributed by atoms with Crippen LogP contribution in [-0.2, 0) is 12.8 Å². The molecule has 0 aromatic heterocycles. The average molecular weight is 833 g/mol. The summed E-state index contributed by atoms with van der Waals surface area (Å²) in [7, 11) is 0. The predicted molar refractivity (Wildman–Crippen MR) is 252 cm³/mol. The predicted octanol–water partition coefficient (Wildman–Crippen LogP) is 15.7. The molecule has 0 aliphatic carbocycles. The van der Waals surface area contributed by atoms with Crippen molar-refractivity contribution in [1.82, 2.24) is 0 Å². The van der Waals surface area contributed by atoms with Crippen molar-refractivity contribution in [2.75, 3.05) is 13.2 Å². The van der Waals surface area contributed by atoms with Crippen LogP contribution in [0.4, 0.5) is 0 Å². The molecular weight excluding hydrogens is 757 g/mol. The zero-order valence-corrected chi connectivity index (χ0v) is 37.8. The van der Waals surface area contributed by atoms with Crippen molar-refractivity contribution in [1.29, 1.82) is 0 Å². The Morgan fingerprint density at radius 2 is 0.607 bits per heavy atom. The number of rotatable bonds is 34. The summed E-state index contributed by atoms with van der Waals surface area (Å²) >= 11 is 0. The van der Waals surface area contributed by atoms with Crippen LogP contribution in [0.1, 0.15) is 193 Å². The number of carbonyl (C=O) groups is 2. The van der Waals surface area contributed by atoms with Gasteiger partial charge in [0, 0.05) is 0 Å². The molecule has 4 rings (SSSR count). The van der Waals surface area contributed by atoms with E-state index in [1.807, 2.05) is 48.5 Å². The van der Waals surface area contributed by atoms with Crippen molar-refractivity contribution in [2.45, 2.75) is 174 Å². The number of esters is 2. The standard InChI is InChI=1S/C55H76O6/c1-3-5-7-9-11-16-20-24-44-58-50-40-32-48(33-41-50)54(56)60-52-36-28-46(29-37-52)26-22-18-14-13-15-19-23-27-47-30-38-53(39-31-47)61-55(57)49-34-42-51(43-35-49)59-45-25-21-17-12-10-8-6-4-2/h28-43H,3-27,44-45H2,1-2H3. The number of unbranched alkanes of at least 4 members (excludes halogenated alkanes) is 20. The summed E-state index contributed by atoms with van der Waals surface area (Å²) < 4.78 is 23.0. The van der Waals surface area contributed by atoms with Crippen molar-refractivity contribution < 1.29 is 28.5 Å². The summed E-state index contributed by atoms with van der Waals surface area (Å²) in [5.41, 5.74) is 3.57. The number of carbonyl (C=O) groups excluding carboxylic acids is 2. The van der Waals surface area contributed by atoms with E-state index in [1.165, 1.54) is 133 Å². The van der Waals surface area contributed by atoms with Crippen molar-refractivity contribution in [3.05, 3.63) is 119 Å². The molecule has 0 unspecified atom stereocenters. The Kier molecular flexibility index (Phi) is 25.2. The van der Waals surface area contributed by atoms with Crippen LogP contribution in [0.2, 0.25) is 0 Å². The highest BCUT2D eigenvalue weighted by molar-refractivity contribution is 5.91. The summed E-state index contributed by atoms with van der Waals surface area (Å²) in [6.07, 6.45) is 30.9. The second-order valence-corrected chi connectivity index (χ2v) is 16.7. The van der Waals surface area contributed by atoms with Gasteiger partial charge < -0.3 is 18.9 Å². The molecule has 0 N–H and O–H groups in total. The molecule has 0 heterocycles. The van der Waals surface area contributed by atoms with Crippen molar-refractivity contribution in [3.63, 3.8) is 0 Å². The monoisotopic (exact) mass is 833 g/mol. The van der Waals surface area contributed by atoms with Gasteiger partial charge in [-0.15, -0.1) is 0 Å². The summed E-state index contributed by atoms with van der Waals surface area (Å²) in [4.78, 5) is 25.4. The smallest absolute Gasteiger partial charge is 0.343 e. The number of ether oxygens (including phenoxy) is 4. The second kappa shape index (κ2) is 31.3. The summed E-state index contributed by atoms with van der Waals surface area (Å²) in [5, 5.41) is 0. The lowest BCUT2D eigenvalue weighted by atomic mass is 10.0. The number of aryl methyl sites for hydroxylation is 2. The van der Waals surface area contributed by atoms with Gasteiger partial charge in [-0.25, -0.2) is 9.59 Å². The topological polar surface area (TPSA) is 71.1 Å². The third kappa shape index (κ3) is 21.7. The van der Waals surface area contributed by atoms with Gasteiger partial charge in [0.25, 0.3) is 0 Å². The first-order chi connectivity index (χ1) is 30.0. The first kappa shape index (κ1) is 49.1. The Balaban J connectivity index is 0.979. The molecule has 4 aromatic rings. The largest absolute Gasteiger partial charge is 0.494 e. The molecule has 6 heteroatoms.